The van der Waals surface area contributed by atoms with Crippen LogP contribution < -0.4 is 5.32 Å². The van der Waals surface area contributed by atoms with Gasteiger partial charge >= 0.3 is 0 Å². The Labute approximate surface area is 130 Å². The minimum Gasteiger partial charge on any atom is -0.339 e. The first-order valence-electron chi connectivity index (χ1n) is 6.93. The van der Waals surface area contributed by atoms with Crippen LogP contribution in [0.3, 0.4) is 0 Å². The second-order valence-electron chi connectivity index (χ2n) is 5.33. The predicted octanol–water partition coefficient (Wildman–Crippen LogP) is 2.91. The molecule has 2 atom stereocenters. The van der Waals surface area contributed by atoms with Crippen LogP contribution >= 0.6 is 12.4 Å². The van der Waals surface area contributed by atoms with Crippen molar-refractivity contribution < 1.29 is 13.6 Å². The largest absolute Gasteiger partial charge is 0.339 e. The fraction of sp³-hybridized carbons (Fsp3) is 0.533. The van der Waals surface area contributed by atoms with Crippen LogP contribution in [0.1, 0.15) is 31.4 Å². The number of piperidine rings is 1. The Balaban J connectivity index is 0.00000220. The van der Waals surface area contributed by atoms with Crippen LogP contribution in [0.5, 0.6) is 0 Å². The van der Waals surface area contributed by atoms with Gasteiger partial charge in [0.05, 0.1) is 12.0 Å². The summed E-state index contributed by atoms with van der Waals surface area (Å²) in [6.07, 6.45) is 1.81. The van der Waals surface area contributed by atoms with E-state index >= 15 is 0 Å². The molecule has 0 bridgehead atoms. The zero-order chi connectivity index (χ0) is 14.7. The van der Waals surface area contributed by atoms with Gasteiger partial charge in [-0.3, -0.25) is 4.79 Å². The average Bonchev–Trinajstić information content (AvgIpc) is 2.48. The summed E-state index contributed by atoms with van der Waals surface area (Å²) in [4.78, 5) is 13.9. The molecule has 1 aromatic carbocycles. The monoisotopic (exact) mass is 318 g/mol. The third-order valence-electron chi connectivity index (χ3n) is 3.98. The highest BCUT2D eigenvalue weighted by Crippen LogP contribution is 2.25. The second-order valence-corrected chi connectivity index (χ2v) is 5.33. The molecule has 1 aliphatic rings. The van der Waals surface area contributed by atoms with Gasteiger partial charge in [0.25, 0.3) is 0 Å². The van der Waals surface area contributed by atoms with Crippen LogP contribution in [0.15, 0.2) is 18.2 Å². The highest BCUT2D eigenvalue weighted by atomic mass is 35.5. The van der Waals surface area contributed by atoms with Crippen molar-refractivity contribution >= 4 is 18.3 Å². The Hall–Kier alpha value is -1.20. The number of hydrogen-bond acceptors (Lipinski definition) is 2. The van der Waals surface area contributed by atoms with Gasteiger partial charge in [-0.05, 0) is 44.5 Å². The minimum atomic E-state index is -0.492. The van der Waals surface area contributed by atoms with Gasteiger partial charge in [0, 0.05) is 19.2 Å². The molecule has 0 saturated carbocycles. The van der Waals surface area contributed by atoms with Gasteiger partial charge in [0.1, 0.15) is 11.6 Å². The summed E-state index contributed by atoms with van der Waals surface area (Å²) in [5, 5.41) is 3.19. The lowest BCUT2D eigenvalue weighted by Gasteiger charge is -2.31. The zero-order valence-electron chi connectivity index (χ0n) is 12.2. The summed E-state index contributed by atoms with van der Waals surface area (Å²) in [5.41, 5.74) is 0.213. The first-order chi connectivity index (χ1) is 9.50. The van der Waals surface area contributed by atoms with Gasteiger partial charge in [-0.2, -0.15) is 0 Å². The molecule has 0 aliphatic carbocycles. The summed E-state index contributed by atoms with van der Waals surface area (Å²) in [7, 11) is 1.64. The number of halogens is 3. The number of hydrogen-bond donors (Lipinski definition) is 1. The highest BCUT2D eigenvalue weighted by molar-refractivity contribution is 5.85. The predicted molar refractivity (Wildman–Crippen MR) is 80.4 cm³/mol. The van der Waals surface area contributed by atoms with Crippen molar-refractivity contribution in [2.45, 2.75) is 25.8 Å². The number of carbonyl (C=O) groups is 1. The van der Waals surface area contributed by atoms with Gasteiger partial charge in [0.2, 0.25) is 5.91 Å². The van der Waals surface area contributed by atoms with E-state index in [0.29, 0.717) is 6.54 Å². The van der Waals surface area contributed by atoms with Crippen LogP contribution in [0.2, 0.25) is 0 Å². The van der Waals surface area contributed by atoms with E-state index in [-0.39, 0.29) is 29.8 Å². The van der Waals surface area contributed by atoms with E-state index in [2.05, 4.69) is 5.32 Å². The van der Waals surface area contributed by atoms with Crippen molar-refractivity contribution in [3.8, 4) is 0 Å². The third-order valence-corrected chi connectivity index (χ3v) is 3.98. The molecule has 3 nitrogen and oxygen atoms in total. The summed E-state index contributed by atoms with van der Waals surface area (Å²) in [6, 6.07) is 2.85. The SMILES string of the molecule is CC(c1cc(F)ccc1F)N(C)C(=O)[C@@H]1CCCNC1.Cl. The summed E-state index contributed by atoms with van der Waals surface area (Å²) in [6.45, 7) is 3.30. The third kappa shape index (κ3) is 4.14. The number of rotatable bonds is 3. The van der Waals surface area contributed by atoms with E-state index in [9.17, 15) is 13.6 Å². The molecule has 1 amide bonds. The van der Waals surface area contributed by atoms with Crippen molar-refractivity contribution in [1.82, 2.24) is 10.2 Å². The maximum Gasteiger partial charge on any atom is 0.227 e. The molecule has 0 radical (unpaired) electrons. The number of carbonyl (C=O) groups excluding carboxylic acids is 1. The van der Waals surface area contributed by atoms with Gasteiger partial charge in [-0.15, -0.1) is 12.4 Å². The number of amides is 1. The lowest BCUT2D eigenvalue weighted by atomic mass is 9.96. The first-order valence-corrected chi connectivity index (χ1v) is 6.93. The molecule has 1 fully saturated rings. The number of benzene rings is 1. The van der Waals surface area contributed by atoms with Gasteiger partial charge in [0.15, 0.2) is 0 Å². The Kier molecular flexibility index (Phi) is 6.55. The van der Waals surface area contributed by atoms with Gasteiger partial charge < -0.3 is 10.2 Å². The van der Waals surface area contributed by atoms with Crippen molar-refractivity contribution in [1.29, 1.82) is 0 Å². The van der Waals surface area contributed by atoms with Crippen LogP contribution in [-0.4, -0.2) is 30.9 Å². The Morgan fingerprint density at radius 1 is 1.43 bits per heavy atom. The molecule has 118 valence electrons. The van der Waals surface area contributed by atoms with E-state index in [1.807, 2.05) is 0 Å². The lowest BCUT2D eigenvalue weighted by Crippen LogP contribution is -2.42. The molecule has 1 aromatic rings. The fourth-order valence-corrected chi connectivity index (χ4v) is 2.58. The molecule has 1 unspecified atom stereocenters. The Bertz CT molecular complexity index is 493. The maximum absolute atomic E-state index is 13.8. The molecule has 1 saturated heterocycles. The lowest BCUT2D eigenvalue weighted by molar-refractivity contribution is -0.136. The van der Waals surface area contributed by atoms with E-state index in [4.69, 9.17) is 0 Å². The molecule has 0 aromatic heterocycles. The molecule has 2 rings (SSSR count). The normalized spacial score (nSPS) is 19.5. The molecular weight excluding hydrogens is 298 g/mol. The molecule has 21 heavy (non-hydrogen) atoms. The van der Waals surface area contributed by atoms with Crippen molar-refractivity contribution in [2.24, 2.45) is 5.92 Å². The standard InChI is InChI=1S/C15H20F2N2O.ClH/c1-10(13-8-12(16)5-6-14(13)17)19(2)15(20)11-4-3-7-18-9-11;/h5-6,8,10-11,18H,3-4,7,9H2,1-2H3;1H/t10?,11-;/m1./s1. The van der Waals surface area contributed by atoms with Gasteiger partial charge in [-0.1, -0.05) is 0 Å². The van der Waals surface area contributed by atoms with Crippen molar-refractivity contribution in [3.05, 3.63) is 35.4 Å². The Morgan fingerprint density at radius 3 is 2.76 bits per heavy atom. The Morgan fingerprint density at radius 2 is 2.14 bits per heavy atom. The molecule has 1 heterocycles. The van der Waals surface area contributed by atoms with Crippen molar-refractivity contribution in [2.75, 3.05) is 20.1 Å². The summed E-state index contributed by atoms with van der Waals surface area (Å²) < 4.78 is 27.0. The topological polar surface area (TPSA) is 32.3 Å². The second kappa shape index (κ2) is 7.71. The quantitative estimate of drug-likeness (QED) is 0.929. The molecular formula is C15H21ClF2N2O. The molecule has 0 spiro atoms. The summed E-state index contributed by atoms with van der Waals surface area (Å²) in [5.74, 6) is -1.07. The van der Waals surface area contributed by atoms with Crippen LogP contribution in [0.25, 0.3) is 0 Å². The number of nitrogens with zero attached hydrogens (tertiary/aromatic N) is 1. The maximum atomic E-state index is 13.8. The minimum absolute atomic E-state index is 0. The zero-order valence-corrected chi connectivity index (χ0v) is 13.1. The van der Waals surface area contributed by atoms with Gasteiger partial charge in [-0.25, -0.2) is 8.78 Å². The van der Waals surface area contributed by atoms with E-state index < -0.39 is 17.7 Å². The highest BCUT2D eigenvalue weighted by Gasteiger charge is 2.28. The molecule has 1 aliphatic heterocycles. The van der Waals surface area contributed by atoms with E-state index in [1.54, 1.807) is 14.0 Å². The average molecular weight is 319 g/mol. The first kappa shape index (κ1) is 17.9. The van der Waals surface area contributed by atoms with Crippen LogP contribution in [0.4, 0.5) is 8.78 Å². The van der Waals surface area contributed by atoms with E-state index in [0.717, 1.165) is 37.6 Å². The summed E-state index contributed by atoms with van der Waals surface area (Å²) >= 11 is 0. The number of nitrogens with one attached hydrogen (secondary N) is 1. The smallest absolute Gasteiger partial charge is 0.227 e. The van der Waals surface area contributed by atoms with Crippen LogP contribution in [-0.2, 0) is 4.79 Å². The molecule has 6 heteroatoms. The van der Waals surface area contributed by atoms with Crippen molar-refractivity contribution in [3.63, 3.8) is 0 Å². The fourth-order valence-electron chi connectivity index (χ4n) is 2.58. The van der Waals surface area contributed by atoms with Crippen LogP contribution in [0, 0.1) is 17.6 Å². The molecule has 1 N–H and O–H groups in total. The van der Waals surface area contributed by atoms with E-state index in [1.165, 1.54) is 4.90 Å².